The third kappa shape index (κ3) is 4.33. The van der Waals surface area contributed by atoms with E-state index >= 15 is 0 Å². The first kappa shape index (κ1) is 17.3. The Labute approximate surface area is 148 Å². The van der Waals surface area contributed by atoms with Gasteiger partial charge < -0.3 is 25.3 Å². The third-order valence-electron chi connectivity index (χ3n) is 4.76. The van der Waals surface area contributed by atoms with Crippen LogP contribution in [0.25, 0.3) is 0 Å². The van der Waals surface area contributed by atoms with Gasteiger partial charge in [0.05, 0.1) is 12.8 Å². The lowest BCUT2D eigenvalue weighted by molar-refractivity contribution is 0.379. The number of furan rings is 1. The van der Waals surface area contributed by atoms with E-state index in [1.165, 1.54) is 18.4 Å². The second-order valence-electron chi connectivity index (χ2n) is 6.40. The topological polar surface area (TPSA) is 100 Å². The first-order valence-corrected chi connectivity index (χ1v) is 8.84. The number of nitrogens with zero attached hydrogens (tertiary/aromatic N) is 3. The lowest BCUT2D eigenvalue weighted by Gasteiger charge is -2.19. The number of nitriles is 2. The molecule has 1 aromatic heterocycles. The highest BCUT2D eigenvalue weighted by Crippen LogP contribution is 2.17. The summed E-state index contributed by atoms with van der Waals surface area (Å²) in [6, 6.07) is 6.53. The second kappa shape index (κ2) is 8.57. The van der Waals surface area contributed by atoms with Crippen LogP contribution in [0, 0.1) is 22.7 Å². The van der Waals surface area contributed by atoms with Crippen molar-refractivity contribution in [3.8, 4) is 12.1 Å². The average Bonchev–Trinajstić information content (AvgIpc) is 3.37. The van der Waals surface area contributed by atoms with Gasteiger partial charge in [-0.05, 0) is 37.4 Å². The summed E-state index contributed by atoms with van der Waals surface area (Å²) in [5.74, 6) is 1.65. The van der Waals surface area contributed by atoms with Crippen molar-refractivity contribution in [3.05, 3.63) is 35.0 Å². The quantitative estimate of drug-likeness (QED) is 0.499. The summed E-state index contributed by atoms with van der Waals surface area (Å²) in [6.45, 7) is 4.89. The Balaban J connectivity index is 1.46. The summed E-state index contributed by atoms with van der Waals surface area (Å²) in [5.41, 5.74) is 1.42. The molecular formula is C18H24N6O. The normalized spacial score (nSPS) is 19.5. The molecule has 0 spiro atoms. The van der Waals surface area contributed by atoms with Gasteiger partial charge in [-0.3, -0.25) is 0 Å². The van der Waals surface area contributed by atoms with Crippen molar-refractivity contribution < 1.29 is 4.42 Å². The molecule has 3 rings (SSSR count). The first-order valence-electron chi connectivity index (χ1n) is 8.84. The predicted molar refractivity (Wildman–Crippen MR) is 93.0 cm³/mol. The zero-order valence-corrected chi connectivity index (χ0v) is 14.3. The smallest absolute Gasteiger partial charge is 0.169 e. The van der Waals surface area contributed by atoms with Gasteiger partial charge in [-0.1, -0.05) is 0 Å². The van der Waals surface area contributed by atoms with E-state index in [-0.39, 0.29) is 5.57 Å². The van der Waals surface area contributed by atoms with Crippen LogP contribution in [0.2, 0.25) is 0 Å². The molecular weight excluding hydrogens is 316 g/mol. The molecule has 1 atom stereocenters. The van der Waals surface area contributed by atoms with E-state index in [9.17, 15) is 0 Å². The SMILES string of the molecule is N#CC(C#N)=C1NCCN1CCNCc1occc1CC1CCCN1. The Morgan fingerprint density at radius 3 is 3.00 bits per heavy atom. The molecule has 7 nitrogen and oxygen atoms in total. The van der Waals surface area contributed by atoms with Crippen molar-refractivity contribution in [1.29, 1.82) is 10.5 Å². The van der Waals surface area contributed by atoms with Crippen LogP contribution in [-0.2, 0) is 13.0 Å². The van der Waals surface area contributed by atoms with E-state index < -0.39 is 0 Å². The summed E-state index contributed by atoms with van der Waals surface area (Å²) in [6.07, 6.45) is 5.27. The van der Waals surface area contributed by atoms with Gasteiger partial charge in [-0.15, -0.1) is 0 Å². The van der Waals surface area contributed by atoms with Crippen molar-refractivity contribution in [1.82, 2.24) is 20.9 Å². The molecule has 7 heteroatoms. The van der Waals surface area contributed by atoms with Crippen molar-refractivity contribution in [2.75, 3.05) is 32.7 Å². The zero-order chi connectivity index (χ0) is 17.5. The van der Waals surface area contributed by atoms with Crippen molar-refractivity contribution in [3.63, 3.8) is 0 Å². The maximum absolute atomic E-state index is 9.02. The van der Waals surface area contributed by atoms with E-state index in [4.69, 9.17) is 14.9 Å². The fraction of sp³-hybridized carbons (Fsp3) is 0.556. The Hall–Kier alpha value is -2.48. The van der Waals surface area contributed by atoms with Crippen LogP contribution in [0.5, 0.6) is 0 Å². The fourth-order valence-corrected chi connectivity index (χ4v) is 3.45. The molecule has 0 saturated carbocycles. The first-order chi connectivity index (χ1) is 12.3. The molecule has 0 aromatic carbocycles. The van der Waals surface area contributed by atoms with E-state index in [2.05, 4.69) is 22.0 Å². The molecule has 1 unspecified atom stereocenters. The largest absolute Gasteiger partial charge is 0.468 e. The van der Waals surface area contributed by atoms with Gasteiger partial charge in [0.2, 0.25) is 0 Å². The molecule has 0 radical (unpaired) electrons. The molecule has 0 bridgehead atoms. The Morgan fingerprint density at radius 2 is 2.24 bits per heavy atom. The zero-order valence-electron chi connectivity index (χ0n) is 14.3. The highest BCUT2D eigenvalue weighted by Gasteiger charge is 2.20. The standard InChI is InChI=1S/C18H24N6O/c19-11-15(12-20)18-23-6-8-24(18)7-5-21-13-17-14(3-9-25-17)10-16-2-1-4-22-16/h3,9,16,21-23H,1-2,4-8,10,13H2. The van der Waals surface area contributed by atoms with Crippen LogP contribution in [0.3, 0.4) is 0 Å². The number of hydrogen-bond donors (Lipinski definition) is 3. The van der Waals surface area contributed by atoms with E-state index in [0.29, 0.717) is 18.4 Å². The van der Waals surface area contributed by atoms with E-state index in [1.807, 2.05) is 17.0 Å². The molecule has 0 amide bonds. The molecule has 2 fully saturated rings. The van der Waals surface area contributed by atoms with Gasteiger partial charge in [0.1, 0.15) is 23.7 Å². The molecule has 2 saturated heterocycles. The van der Waals surface area contributed by atoms with Crippen LogP contribution >= 0.6 is 0 Å². The van der Waals surface area contributed by atoms with Crippen molar-refractivity contribution in [2.24, 2.45) is 0 Å². The molecule has 2 aliphatic rings. The van der Waals surface area contributed by atoms with Crippen LogP contribution in [-0.4, -0.2) is 43.7 Å². The minimum absolute atomic E-state index is 0.148. The molecule has 25 heavy (non-hydrogen) atoms. The average molecular weight is 340 g/mol. The molecule has 2 aliphatic heterocycles. The van der Waals surface area contributed by atoms with E-state index in [1.54, 1.807) is 6.26 Å². The van der Waals surface area contributed by atoms with Gasteiger partial charge >= 0.3 is 0 Å². The summed E-state index contributed by atoms with van der Waals surface area (Å²) < 4.78 is 5.63. The van der Waals surface area contributed by atoms with Crippen LogP contribution < -0.4 is 16.0 Å². The third-order valence-corrected chi connectivity index (χ3v) is 4.76. The van der Waals surface area contributed by atoms with Crippen LogP contribution in [0.4, 0.5) is 0 Å². The molecule has 0 aliphatic carbocycles. The highest BCUT2D eigenvalue weighted by molar-refractivity contribution is 5.39. The Morgan fingerprint density at radius 1 is 1.36 bits per heavy atom. The minimum atomic E-state index is 0.148. The Kier molecular flexibility index (Phi) is 5.95. The maximum atomic E-state index is 9.02. The summed E-state index contributed by atoms with van der Waals surface area (Å²) in [5, 5.41) is 28.1. The van der Waals surface area contributed by atoms with E-state index in [0.717, 1.165) is 44.9 Å². The van der Waals surface area contributed by atoms with Gasteiger partial charge in [-0.25, -0.2) is 0 Å². The molecule has 1 aromatic rings. The Bertz CT molecular complexity index is 673. The highest BCUT2D eigenvalue weighted by atomic mass is 16.3. The number of rotatable bonds is 7. The molecule has 132 valence electrons. The predicted octanol–water partition coefficient (Wildman–Crippen LogP) is 0.828. The van der Waals surface area contributed by atoms with Gasteiger partial charge in [-0.2, -0.15) is 10.5 Å². The summed E-state index contributed by atoms with van der Waals surface area (Å²) >= 11 is 0. The van der Waals surface area contributed by atoms with Crippen LogP contribution in [0.15, 0.2) is 28.1 Å². The van der Waals surface area contributed by atoms with Crippen LogP contribution in [0.1, 0.15) is 24.2 Å². The number of hydrogen-bond acceptors (Lipinski definition) is 7. The fourth-order valence-electron chi connectivity index (χ4n) is 3.45. The van der Waals surface area contributed by atoms with Crippen molar-refractivity contribution in [2.45, 2.75) is 31.8 Å². The summed E-state index contributed by atoms with van der Waals surface area (Å²) in [4.78, 5) is 2.04. The van der Waals surface area contributed by atoms with Gasteiger partial charge in [0.25, 0.3) is 0 Å². The lowest BCUT2D eigenvalue weighted by Crippen LogP contribution is -2.31. The minimum Gasteiger partial charge on any atom is -0.468 e. The van der Waals surface area contributed by atoms with Gasteiger partial charge in [0.15, 0.2) is 5.57 Å². The maximum Gasteiger partial charge on any atom is 0.169 e. The van der Waals surface area contributed by atoms with Crippen molar-refractivity contribution >= 4 is 0 Å². The monoisotopic (exact) mass is 340 g/mol. The molecule has 3 N–H and O–H groups in total. The lowest BCUT2D eigenvalue weighted by atomic mass is 10.1. The summed E-state index contributed by atoms with van der Waals surface area (Å²) in [7, 11) is 0. The molecule has 3 heterocycles. The number of allylic oxidation sites excluding steroid dienone is 1. The van der Waals surface area contributed by atoms with Gasteiger partial charge in [0, 0.05) is 32.2 Å². The number of nitrogens with one attached hydrogen (secondary N) is 3. The second-order valence-corrected chi connectivity index (χ2v) is 6.40.